The zero-order chi connectivity index (χ0) is 12.0. The molecule has 0 aliphatic carbocycles. The monoisotopic (exact) mass is 225 g/mol. The van der Waals surface area contributed by atoms with E-state index in [4.69, 9.17) is 4.74 Å². The van der Waals surface area contributed by atoms with E-state index in [0.29, 0.717) is 6.04 Å². The summed E-state index contributed by atoms with van der Waals surface area (Å²) in [4.78, 5) is 0. The molecular formula is C12H23N3O. The predicted octanol–water partition coefficient (Wildman–Crippen LogP) is 2.36. The Labute approximate surface area is 98.0 Å². The van der Waals surface area contributed by atoms with Gasteiger partial charge in [-0.25, -0.2) is 0 Å². The number of ether oxygens (including phenoxy) is 1. The number of hydrogen-bond donors (Lipinski definition) is 1. The van der Waals surface area contributed by atoms with Crippen LogP contribution in [0.3, 0.4) is 0 Å². The Morgan fingerprint density at radius 3 is 2.69 bits per heavy atom. The normalized spacial score (nSPS) is 12.8. The van der Waals surface area contributed by atoms with E-state index in [9.17, 15) is 0 Å². The molecule has 0 fully saturated rings. The van der Waals surface area contributed by atoms with E-state index in [2.05, 4.69) is 28.9 Å². The van der Waals surface area contributed by atoms with Gasteiger partial charge >= 0.3 is 0 Å². The number of nitrogens with zero attached hydrogens (tertiary/aromatic N) is 2. The van der Waals surface area contributed by atoms with E-state index in [-0.39, 0.29) is 0 Å². The van der Waals surface area contributed by atoms with E-state index < -0.39 is 0 Å². The van der Waals surface area contributed by atoms with Crippen molar-refractivity contribution in [3.63, 3.8) is 0 Å². The van der Waals surface area contributed by atoms with E-state index in [1.807, 2.05) is 13.2 Å². The van der Waals surface area contributed by atoms with Crippen LogP contribution in [0.2, 0.25) is 0 Å². The Hall–Kier alpha value is -1.03. The average Bonchev–Trinajstić information content (AvgIpc) is 2.69. The van der Waals surface area contributed by atoms with Crippen LogP contribution in [0.1, 0.15) is 44.8 Å². The second-order valence-corrected chi connectivity index (χ2v) is 3.95. The Morgan fingerprint density at radius 1 is 1.44 bits per heavy atom. The lowest BCUT2D eigenvalue weighted by molar-refractivity contribution is 0.388. The van der Waals surface area contributed by atoms with Crippen LogP contribution in [0.4, 0.5) is 0 Å². The molecule has 0 radical (unpaired) electrons. The van der Waals surface area contributed by atoms with Crippen molar-refractivity contribution < 1.29 is 4.74 Å². The van der Waals surface area contributed by atoms with E-state index in [0.717, 1.165) is 31.6 Å². The fraction of sp³-hybridized carbons (Fsp3) is 0.750. The smallest absolute Gasteiger partial charge is 0.161 e. The van der Waals surface area contributed by atoms with Crippen LogP contribution < -0.4 is 10.1 Å². The number of hydrogen-bond acceptors (Lipinski definition) is 3. The van der Waals surface area contributed by atoms with Crippen LogP contribution >= 0.6 is 0 Å². The highest BCUT2D eigenvalue weighted by Gasteiger charge is 2.19. The summed E-state index contributed by atoms with van der Waals surface area (Å²) < 4.78 is 7.43. The van der Waals surface area contributed by atoms with Gasteiger partial charge in [0, 0.05) is 6.54 Å². The molecule has 0 spiro atoms. The minimum atomic E-state index is 0.328. The molecule has 0 saturated heterocycles. The summed E-state index contributed by atoms with van der Waals surface area (Å²) in [5.41, 5.74) is 1.17. The fourth-order valence-electron chi connectivity index (χ4n) is 1.98. The van der Waals surface area contributed by atoms with Gasteiger partial charge in [0.1, 0.15) is 0 Å². The number of methoxy groups -OCH3 is 1. The summed E-state index contributed by atoms with van der Waals surface area (Å²) in [5.74, 6) is 0.890. The first-order valence-corrected chi connectivity index (χ1v) is 6.05. The van der Waals surface area contributed by atoms with Gasteiger partial charge in [-0.1, -0.05) is 20.3 Å². The zero-order valence-electron chi connectivity index (χ0n) is 10.8. The van der Waals surface area contributed by atoms with Crippen LogP contribution in [0.15, 0.2) is 6.20 Å². The molecule has 4 heteroatoms. The van der Waals surface area contributed by atoms with Crippen LogP contribution in [0.5, 0.6) is 5.75 Å². The SMILES string of the molecule is CCCC(NC)c1c(OC)cnn1CCC. The maximum absolute atomic E-state index is 5.38. The Kier molecular flexibility index (Phi) is 5.32. The van der Waals surface area contributed by atoms with Crippen LogP contribution in [-0.2, 0) is 6.54 Å². The molecule has 0 aliphatic rings. The van der Waals surface area contributed by atoms with Crippen molar-refractivity contribution in [1.82, 2.24) is 15.1 Å². The summed E-state index contributed by atoms with van der Waals surface area (Å²) in [6.07, 6.45) is 5.14. The Bertz CT molecular complexity index is 309. The van der Waals surface area contributed by atoms with Crippen molar-refractivity contribution in [2.45, 2.75) is 45.7 Å². The van der Waals surface area contributed by atoms with Crippen molar-refractivity contribution in [2.75, 3.05) is 14.2 Å². The molecule has 1 aromatic heterocycles. The number of aryl methyl sites for hydroxylation is 1. The standard InChI is InChI=1S/C12H23N3O/c1-5-7-10(13-3)12-11(16-4)9-14-15(12)8-6-2/h9-10,13H,5-8H2,1-4H3. The van der Waals surface area contributed by atoms with Crippen LogP contribution in [0, 0.1) is 0 Å². The van der Waals surface area contributed by atoms with Gasteiger partial charge in [0.15, 0.2) is 5.75 Å². The third kappa shape index (κ3) is 2.76. The predicted molar refractivity (Wildman–Crippen MR) is 65.8 cm³/mol. The zero-order valence-corrected chi connectivity index (χ0v) is 10.8. The van der Waals surface area contributed by atoms with Gasteiger partial charge in [-0.05, 0) is 19.9 Å². The second kappa shape index (κ2) is 6.53. The first kappa shape index (κ1) is 13.0. The molecule has 0 aliphatic heterocycles. The summed E-state index contributed by atoms with van der Waals surface area (Å²) >= 11 is 0. The molecule has 0 aromatic carbocycles. The van der Waals surface area contributed by atoms with E-state index in [1.54, 1.807) is 7.11 Å². The van der Waals surface area contributed by atoms with Gasteiger partial charge in [0.05, 0.1) is 25.0 Å². The maximum atomic E-state index is 5.38. The van der Waals surface area contributed by atoms with Gasteiger partial charge in [0.25, 0.3) is 0 Å². The topological polar surface area (TPSA) is 39.1 Å². The van der Waals surface area contributed by atoms with Crippen molar-refractivity contribution in [3.05, 3.63) is 11.9 Å². The summed E-state index contributed by atoms with van der Waals surface area (Å²) in [6.45, 7) is 5.30. The van der Waals surface area contributed by atoms with Gasteiger partial charge in [-0.15, -0.1) is 0 Å². The first-order chi connectivity index (χ1) is 7.78. The lowest BCUT2D eigenvalue weighted by Crippen LogP contribution is -2.21. The fourth-order valence-corrected chi connectivity index (χ4v) is 1.98. The molecule has 0 saturated carbocycles. The van der Waals surface area contributed by atoms with Gasteiger partial charge in [-0.2, -0.15) is 5.10 Å². The highest BCUT2D eigenvalue weighted by Crippen LogP contribution is 2.27. The lowest BCUT2D eigenvalue weighted by atomic mass is 10.1. The minimum Gasteiger partial charge on any atom is -0.493 e. The Morgan fingerprint density at radius 2 is 2.19 bits per heavy atom. The van der Waals surface area contributed by atoms with Crippen molar-refractivity contribution in [1.29, 1.82) is 0 Å². The summed E-state index contributed by atoms with van der Waals surface area (Å²) in [7, 11) is 3.69. The molecule has 4 nitrogen and oxygen atoms in total. The molecule has 16 heavy (non-hydrogen) atoms. The minimum absolute atomic E-state index is 0.328. The van der Waals surface area contributed by atoms with Crippen molar-refractivity contribution in [2.24, 2.45) is 0 Å². The van der Waals surface area contributed by atoms with Gasteiger partial charge < -0.3 is 10.1 Å². The molecule has 1 N–H and O–H groups in total. The first-order valence-electron chi connectivity index (χ1n) is 6.05. The molecular weight excluding hydrogens is 202 g/mol. The highest BCUT2D eigenvalue weighted by atomic mass is 16.5. The summed E-state index contributed by atoms with van der Waals surface area (Å²) in [5, 5.41) is 7.72. The molecule has 1 aromatic rings. The largest absolute Gasteiger partial charge is 0.493 e. The average molecular weight is 225 g/mol. The molecule has 1 unspecified atom stereocenters. The molecule has 1 rings (SSSR count). The van der Waals surface area contributed by atoms with Crippen LogP contribution in [0.25, 0.3) is 0 Å². The van der Waals surface area contributed by atoms with Gasteiger partial charge in [0.2, 0.25) is 0 Å². The third-order valence-corrected chi connectivity index (χ3v) is 2.76. The number of nitrogens with one attached hydrogen (secondary N) is 1. The quantitative estimate of drug-likeness (QED) is 0.774. The Balaban J connectivity index is 2.99. The molecule has 0 bridgehead atoms. The molecule has 92 valence electrons. The lowest BCUT2D eigenvalue weighted by Gasteiger charge is -2.18. The molecule has 1 atom stereocenters. The van der Waals surface area contributed by atoms with E-state index in [1.165, 1.54) is 5.69 Å². The van der Waals surface area contributed by atoms with Gasteiger partial charge in [-0.3, -0.25) is 4.68 Å². The highest BCUT2D eigenvalue weighted by molar-refractivity contribution is 5.28. The van der Waals surface area contributed by atoms with Crippen molar-refractivity contribution in [3.8, 4) is 5.75 Å². The maximum Gasteiger partial charge on any atom is 0.161 e. The van der Waals surface area contributed by atoms with Crippen LogP contribution in [-0.4, -0.2) is 23.9 Å². The molecule has 1 heterocycles. The number of rotatable bonds is 7. The van der Waals surface area contributed by atoms with E-state index >= 15 is 0 Å². The second-order valence-electron chi connectivity index (χ2n) is 3.95. The summed E-state index contributed by atoms with van der Waals surface area (Å²) in [6, 6.07) is 0.328. The molecule has 0 amide bonds. The number of aromatic nitrogens is 2. The van der Waals surface area contributed by atoms with Crippen molar-refractivity contribution >= 4 is 0 Å². The third-order valence-electron chi connectivity index (χ3n) is 2.76.